The lowest BCUT2D eigenvalue weighted by Gasteiger charge is -2.34. The minimum Gasteiger partial charge on any atom is -0.376 e. The number of halogens is 3. The van der Waals surface area contributed by atoms with Crippen LogP contribution in [0.15, 0.2) is 18.2 Å². The largest absolute Gasteiger partial charge is 0.376 e. The molecule has 0 radical (unpaired) electrons. The van der Waals surface area contributed by atoms with Gasteiger partial charge in [-0.3, -0.25) is 4.79 Å². The quantitative estimate of drug-likeness (QED) is 0.745. The van der Waals surface area contributed by atoms with Crippen LogP contribution in [0.25, 0.3) is 0 Å². The predicted molar refractivity (Wildman–Crippen MR) is 105 cm³/mol. The maximum atomic E-state index is 13.6. The Morgan fingerprint density at radius 2 is 2.14 bits per heavy atom. The average Bonchev–Trinajstić information content (AvgIpc) is 2.69. The van der Waals surface area contributed by atoms with E-state index < -0.39 is 17.7 Å². The normalized spacial score (nSPS) is 26.2. The Balaban J connectivity index is 0.00000280. The predicted octanol–water partition coefficient (Wildman–Crippen LogP) is 2.92. The first-order valence-corrected chi connectivity index (χ1v) is 9.74. The number of hydrogen-bond donors (Lipinski definition) is 2. The highest BCUT2D eigenvalue weighted by atomic mass is 35.5. The lowest BCUT2D eigenvalue weighted by molar-refractivity contribution is -0.136. The average molecular weight is 419 g/mol. The zero-order chi connectivity index (χ0) is 19.2. The summed E-state index contributed by atoms with van der Waals surface area (Å²) in [6.07, 6.45) is 3.36. The molecule has 0 spiro atoms. The van der Waals surface area contributed by atoms with Crippen molar-refractivity contribution in [3.8, 4) is 0 Å². The molecule has 0 bridgehead atoms. The van der Waals surface area contributed by atoms with E-state index in [1.54, 1.807) is 13.0 Å². The summed E-state index contributed by atoms with van der Waals surface area (Å²) < 4.78 is 38.2. The Bertz CT molecular complexity index is 644. The van der Waals surface area contributed by atoms with Gasteiger partial charge in [0.05, 0.1) is 12.7 Å². The van der Waals surface area contributed by atoms with Gasteiger partial charge >= 0.3 is 0 Å². The maximum Gasteiger partial charge on any atom is 0.249 e. The number of carbonyl (C=O) groups excluding carboxylic acids is 1. The topological polar surface area (TPSA) is 59.6 Å². The Labute approximate surface area is 171 Å². The molecule has 5 nitrogen and oxygen atoms in total. The van der Waals surface area contributed by atoms with Crippen molar-refractivity contribution in [2.75, 3.05) is 26.3 Å². The summed E-state index contributed by atoms with van der Waals surface area (Å²) >= 11 is 0. The van der Waals surface area contributed by atoms with Crippen LogP contribution in [-0.2, 0) is 14.3 Å². The molecule has 1 aromatic rings. The molecule has 1 aromatic carbocycles. The highest BCUT2D eigenvalue weighted by Gasteiger charge is 2.30. The molecular weight excluding hydrogens is 390 g/mol. The van der Waals surface area contributed by atoms with E-state index >= 15 is 0 Å². The number of carbonyl (C=O) groups is 1. The second-order valence-electron chi connectivity index (χ2n) is 7.35. The Hall–Kier alpha value is -1.28. The zero-order valence-corrected chi connectivity index (χ0v) is 16.9. The molecule has 1 amide bonds. The molecule has 8 heteroatoms. The third kappa shape index (κ3) is 6.11. The standard InChI is InChI=1S/C20H28F2N2O3.ClH/c1-13(27-12-15-4-2-3-9-26-15)20(25)24-19-11-23-8-7-16(19)14-5-6-17(21)18(22)10-14;/h5-6,10,13,15-16,19,23H,2-4,7-9,11-12H2,1H3,(H,24,25);1H. The van der Waals surface area contributed by atoms with Crippen LogP contribution in [0.5, 0.6) is 0 Å². The van der Waals surface area contributed by atoms with Gasteiger partial charge in [-0.25, -0.2) is 8.78 Å². The summed E-state index contributed by atoms with van der Waals surface area (Å²) in [6, 6.07) is 3.76. The molecule has 2 fully saturated rings. The van der Waals surface area contributed by atoms with Gasteiger partial charge in [0.1, 0.15) is 6.10 Å². The minimum absolute atomic E-state index is 0. The molecule has 0 aromatic heterocycles. The summed E-state index contributed by atoms with van der Waals surface area (Å²) in [5, 5.41) is 6.25. The van der Waals surface area contributed by atoms with Gasteiger partial charge in [-0.15, -0.1) is 12.4 Å². The van der Waals surface area contributed by atoms with Crippen molar-refractivity contribution in [3.05, 3.63) is 35.4 Å². The van der Waals surface area contributed by atoms with Crippen LogP contribution in [0.2, 0.25) is 0 Å². The number of hydrogen-bond acceptors (Lipinski definition) is 4. The molecule has 3 rings (SSSR count). The van der Waals surface area contributed by atoms with Crippen molar-refractivity contribution >= 4 is 18.3 Å². The van der Waals surface area contributed by atoms with E-state index in [4.69, 9.17) is 9.47 Å². The molecule has 4 atom stereocenters. The Kier molecular flexibility index (Phi) is 9.08. The number of piperidine rings is 1. The van der Waals surface area contributed by atoms with Crippen molar-refractivity contribution in [1.29, 1.82) is 0 Å². The molecule has 158 valence electrons. The molecule has 2 heterocycles. The molecule has 0 aliphatic carbocycles. The Morgan fingerprint density at radius 1 is 1.32 bits per heavy atom. The SMILES string of the molecule is CC(OCC1CCCCO1)C(=O)NC1CNCCC1c1ccc(F)c(F)c1.Cl. The maximum absolute atomic E-state index is 13.6. The van der Waals surface area contributed by atoms with E-state index in [0.29, 0.717) is 18.7 Å². The van der Waals surface area contributed by atoms with Gasteiger partial charge in [0.25, 0.3) is 0 Å². The highest BCUT2D eigenvalue weighted by molar-refractivity contribution is 5.85. The highest BCUT2D eigenvalue weighted by Crippen LogP contribution is 2.27. The van der Waals surface area contributed by atoms with Crippen LogP contribution in [0.3, 0.4) is 0 Å². The van der Waals surface area contributed by atoms with Crippen molar-refractivity contribution in [2.45, 2.75) is 56.8 Å². The van der Waals surface area contributed by atoms with E-state index in [1.807, 2.05) is 0 Å². The second kappa shape index (κ2) is 11.0. The van der Waals surface area contributed by atoms with Crippen LogP contribution >= 0.6 is 12.4 Å². The smallest absolute Gasteiger partial charge is 0.249 e. The van der Waals surface area contributed by atoms with Crippen LogP contribution in [0.1, 0.15) is 44.1 Å². The van der Waals surface area contributed by atoms with Gasteiger partial charge in [0, 0.05) is 25.1 Å². The lowest BCUT2D eigenvalue weighted by atomic mass is 9.86. The number of nitrogens with one attached hydrogen (secondary N) is 2. The summed E-state index contributed by atoms with van der Waals surface area (Å²) in [6.45, 7) is 4.22. The zero-order valence-electron chi connectivity index (χ0n) is 16.1. The molecule has 2 saturated heterocycles. The van der Waals surface area contributed by atoms with E-state index in [1.165, 1.54) is 6.07 Å². The van der Waals surface area contributed by atoms with Gasteiger partial charge in [-0.2, -0.15) is 0 Å². The van der Waals surface area contributed by atoms with Gasteiger partial charge in [-0.1, -0.05) is 6.07 Å². The van der Waals surface area contributed by atoms with E-state index in [-0.39, 0.29) is 36.4 Å². The fourth-order valence-corrected chi connectivity index (χ4v) is 3.72. The number of ether oxygens (including phenoxy) is 2. The van der Waals surface area contributed by atoms with E-state index in [2.05, 4.69) is 10.6 Å². The van der Waals surface area contributed by atoms with Crippen molar-refractivity contribution in [2.24, 2.45) is 0 Å². The molecule has 28 heavy (non-hydrogen) atoms. The van der Waals surface area contributed by atoms with Gasteiger partial charge in [0.15, 0.2) is 11.6 Å². The second-order valence-corrected chi connectivity index (χ2v) is 7.35. The third-order valence-electron chi connectivity index (χ3n) is 5.36. The monoisotopic (exact) mass is 418 g/mol. The summed E-state index contributed by atoms with van der Waals surface area (Å²) in [4.78, 5) is 12.5. The summed E-state index contributed by atoms with van der Waals surface area (Å²) in [5.41, 5.74) is 0.699. The summed E-state index contributed by atoms with van der Waals surface area (Å²) in [7, 11) is 0. The third-order valence-corrected chi connectivity index (χ3v) is 5.36. The fourth-order valence-electron chi connectivity index (χ4n) is 3.72. The van der Waals surface area contributed by atoms with Crippen LogP contribution in [0, 0.1) is 11.6 Å². The molecule has 4 unspecified atom stereocenters. The Morgan fingerprint density at radius 3 is 2.86 bits per heavy atom. The van der Waals surface area contributed by atoms with Crippen molar-refractivity contribution in [1.82, 2.24) is 10.6 Å². The molecule has 2 N–H and O–H groups in total. The van der Waals surface area contributed by atoms with Crippen LogP contribution < -0.4 is 10.6 Å². The van der Waals surface area contributed by atoms with Gasteiger partial charge in [0.2, 0.25) is 5.91 Å². The van der Waals surface area contributed by atoms with Crippen molar-refractivity contribution < 1.29 is 23.0 Å². The minimum atomic E-state index is -0.861. The van der Waals surface area contributed by atoms with E-state index in [0.717, 1.165) is 44.9 Å². The molecular formula is C20H29ClF2N2O3. The first-order chi connectivity index (χ1) is 13.0. The number of amides is 1. The molecule has 2 aliphatic heterocycles. The van der Waals surface area contributed by atoms with Crippen LogP contribution in [0.4, 0.5) is 8.78 Å². The first kappa shape index (κ1) is 23.0. The van der Waals surface area contributed by atoms with Crippen LogP contribution in [-0.4, -0.2) is 50.5 Å². The van der Waals surface area contributed by atoms with Gasteiger partial charge < -0.3 is 20.1 Å². The molecule has 2 aliphatic rings. The number of benzene rings is 1. The first-order valence-electron chi connectivity index (χ1n) is 9.74. The van der Waals surface area contributed by atoms with Crippen molar-refractivity contribution in [3.63, 3.8) is 0 Å². The fraction of sp³-hybridized carbons (Fsp3) is 0.650. The summed E-state index contributed by atoms with van der Waals surface area (Å²) in [5.74, 6) is -1.99. The molecule has 0 saturated carbocycles. The number of rotatable bonds is 6. The van der Waals surface area contributed by atoms with E-state index in [9.17, 15) is 13.6 Å². The van der Waals surface area contributed by atoms with Gasteiger partial charge in [-0.05, 0) is 56.8 Å². The lowest BCUT2D eigenvalue weighted by Crippen LogP contribution is -2.52.